The van der Waals surface area contributed by atoms with Crippen molar-refractivity contribution in [2.24, 2.45) is 0 Å². The van der Waals surface area contributed by atoms with Crippen molar-refractivity contribution in [2.45, 2.75) is 18.7 Å². The Morgan fingerprint density at radius 1 is 1.26 bits per heavy atom. The van der Waals surface area contributed by atoms with E-state index < -0.39 is 10.0 Å². The molecule has 0 spiro atoms. The van der Waals surface area contributed by atoms with Crippen LogP contribution in [0.3, 0.4) is 0 Å². The van der Waals surface area contributed by atoms with Crippen LogP contribution >= 0.6 is 0 Å². The van der Waals surface area contributed by atoms with E-state index >= 15 is 0 Å². The van der Waals surface area contributed by atoms with E-state index in [1.165, 1.54) is 6.20 Å². The number of hydrogen-bond donors (Lipinski definition) is 2. The third-order valence-electron chi connectivity index (χ3n) is 3.12. The third kappa shape index (κ3) is 4.42. The van der Waals surface area contributed by atoms with Crippen LogP contribution in [-0.2, 0) is 10.0 Å². The number of pyridine rings is 1. The number of nitrogens with one attached hydrogen (secondary N) is 2. The Morgan fingerprint density at radius 3 is 2.52 bits per heavy atom. The second-order valence-electron chi connectivity index (χ2n) is 5.42. The first-order valence-electron chi connectivity index (χ1n) is 7.10. The first kappa shape index (κ1) is 17.2. The average molecular weight is 339 g/mol. The van der Waals surface area contributed by atoms with Crippen molar-refractivity contribution in [1.82, 2.24) is 15.0 Å². The van der Waals surface area contributed by atoms with Gasteiger partial charge in [-0.15, -0.1) is 0 Å². The first-order valence-corrected chi connectivity index (χ1v) is 8.58. The fraction of sp³-hybridized carbons (Fsp3) is 0.429. The van der Waals surface area contributed by atoms with E-state index in [9.17, 15) is 8.42 Å². The van der Waals surface area contributed by atoms with Crippen LogP contribution in [-0.4, -0.2) is 50.6 Å². The number of nitrogens with zero attached hydrogens (tertiary/aromatic N) is 3. The van der Waals surface area contributed by atoms with E-state index in [1.54, 1.807) is 26.0 Å². The van der Waals surface area contributed by atoms with Gasteiger partial charge in [-0.1, -0.05) is 5.16 Å². The molecule has 8 nitrogen and oxygen atoms in total. The Balaban J connectivity index is 2.06. The number of aromatic nitrogens is 2. The molecule has 0 amide bonds. The van der Waals surface area contributed by atoms with Crippen molar-refractivity contribution < 1.29 is 12.9 Å². The molecule has 0 saturated heterocycles. The van der Waals surface area contributed by atoms with E-state index in [2.05, 4.69) is 25.1 Å². The third-order valence-corrected chi connectivity index (χ3v) is 4.74. The van der Waals surface area contributed by atoms with E-state index in [-0.39, 0.29) is 10.7 Å². The van der Waals surface area contributed by atoms with Gasteiger partial charge in [-0.3, -0.25) is 4.72 Å². The molecule has 0 bridgehead atoms. The number of rotatable bonds is 7. The Kier molecular flexibility index (Phi) is 5.22. The van der Waals surface area contributed by atoms with E-state index in [0.717, 1.165) is 13.1 Å². The summed E-state index contributed by atoms with van der Waals surface area (Å²) in [7, 11) is 0.230. The Labute approximate surface area is 135 Å². The van der Waals surface area contributed by atoms with Crippen LogP contribution in [0.5, 0.6) is 0 Å². The number of sulfonamides is 1. The van der Waals surface area contributed by atoms with Crippen LogP contribution in [0.2, 0.25) is 0 Å². The second kappa shape index (κ2) is 6.97. The van der Waals surface area contributed by atoms with Crippen LogP contribution in [0.25, 0.3) is 0 Å². The lowest BCUT2D eigenvalue weighted by atomic mass is 10.4. The monoisotopic (exact) mass is 339 g/mol. The van der Waals surface area contributed by atoms with Crippen molar-refractivity contribution in [3.05, 3.63) is 29.8 Å². The molecule has 0 atom stereocenters. The number of hydrogen-bond acceptors (Lipinski definition) is 7. The summed E-state index contributed by atoms with van der Waals surface area (Å²) in [6.45, 7) is 4.78. The highest BCUT2D eigenvalue weighted by molar-refractivity contribution is 7.92. The zero-order valence-electron chi connectivity index (χ0n) is 13.6. The summed E-state index contributed by atoms with van der Waals surface area (Å²) in [5.74, 6) is 0.942. The first-order chi connectivity index (χ1) is 10.8. The van der Waals surface area contributed by atoms with Crippen LogP contribution < -0.4 is 10.0 Å². The molecule has 0 aromatic carbocycles. The van der Waals surface area contributed by atoms with Gasteiger partial charge in [0.05, 0.1) is 11.9 Å². The fourth-order valence-electron chi connectivity index (χ4n) is 2.03. The van der Waals surface area contributed by atoms with E-state index in [1.807, 2.05) is 14.1 Å². The van der Waals surface area contributed by atoms with Gasteiger partial charge >= 0.3 is 0 Å². The molecular formula is C14H21N5O3S. The van der Waals surface area contributed by atoms with Crippen molar-refractivity contribution in [3.63, 3.8) is 0 Å². The molecule has 9 heteroatoms. The molecule has 2 rings (SSSR count). The average Bonchev–Trinajstić information content (AvgIpc) is 2.80. The molecule has 126 valence electrons. The highest BCUT2D eigenvalue weighted by Gasteiger charge is 2.24. The fourth-order valence-corrected chi connectivity index (χ4v) is 3.41. The van der Waals surface area contributed by atoms with Crippen LogP contribution in [0.15, 0.2) is 27.7 Å². The summed E-state index contributed by atoms with van der Waals surface area (Å²) in [4.78, 5) is 6.31. The van der Waals surface area contributed by atoms with E-state index in [0.29, 0.717) is 17.2 Å². The topological polar surface area (TPSA) is 100 Å². The predicted molar refractivity (Wildman–Crippen MR) is 88.1 cm³/mol. The van der Waals surface area contributed by atoms with Crippen molar-refractivity contribution in [1.29, 1.82) is 0 Å². The molecule has 2 aromatic heterocycles. The summed E-state index contributed by atoms with van der Waals surface area (Å²) < 4.78 is 32.1. The maximum absolute atomic E-state index is 12.4. The van der Waals surface area contributed by atoms with Crippen LogP contribution in [0, 0.1) is 13.8 Å². The van der Waals surface area contributed by atoms with Gasteiger partial charge in [0.15, 0.2) is 10.7 Å². The largest absolute Gasteiger partial charge is 0.369 e. The smallest absolute Gasteiger partial charge is 0.267 e. The maximum atomic E-state index is 12.4. The minimum Gasteiger partial charge on any atom is -0.369 e. The lowest BCUT2D eigenvalue weighted by Gasteiger charge is -2.11. The standard InChI is InChI=1S/C14H21N5O3S/c1-10-14(11(2)22-17-10)23(20,21)18-12-5-6-13(16-9-12)15-7-8-19(3)4/h5-6,9,18H,7-8H2,1-4H3,(H,15,16). The van der Waals surface area contributed by atoms with Gasteiger partial charge in [0.2, 0.25) is 0 Å². The molecule has 2 aromatic rings. The summed E-state index contributed by atoms with van der Waals surface area (Å²) in [5.41, 5.74) is 0.702. The van der Waals surface area contributed by atoms with Gasteiger partial charge in [-0.05, 0) is 40.1 Å². The molecule has 0 aliphatic rings. The Morgan fingerprint density at radius 2 is 2.00 bits per heavy atom. The molecule has 0 fully saturated rings. The minimum atomic E-state index is -3.75. The maximum Gasteiger partial charge on any atom is 0.267 e. The molecule has 2 heterocycles. The quantitative estimate of drug-likeness (QED) is 0.787. The van der Waals surface area contributed by atoms with Crippen LogP contribution in [0.4, 0.5) is 11.5 Å². The molecular weight excluding hydrogens is 318 g/mol. The zero-order valence-corrected chi connectivity index (χ0v) is 14.4. The van der Waals surface area contributed by atoms with Gasteiger partial charge in [-0.25, -0.2) is 13.4 Å². The summed E-state index contributed by atoms with van der Waals surface area (Å²) in [6, 6.07) is 3.38. The highest BCUT2D eigenvalue weighted by Crippen LogP contribution is 2.22. The lowest BCUT2D eigenvalue weighted by Crippen LogP contribution is -2.21. The predicted octanol–water partition coefficient (Wildman–Crippen LogP) is 1.46. The normalized spacial score (nSPS) is 11.7. The van der Waals surface area contributed by atoms with Gasteiger partial charge in [0, 0.05) is 13.1 Å². The highest BCUT2D eigenvalue weighted by atomic mass is 32.2. The van der Waals surface area contributed by atoms with Crippen molar-refractivity contribution in [2.75, 3.05) is 37.2 Å². The molecule has 0 aliphatic heterocycles. The molecule has 23 heavy (non-hydrogen) atoms. The molecule has 0 unspecified atom stereocenters. The molecule has 0 radical (unpaired) electrons. The van der Waals surface area contributed by atoms with Crippen LogP contribution in [0.1, 0.15) is 11.5 Å². The van der Waals surface area contributed by atoms with Gasteiger partial charge < -0.3 is 14.7 Å². The number of aryl methyl sites for hydroxylation is 2. The molecule has 0 saturated carbocycles. The Hall–Kier alpha value is -2.13. The van der Waals surface area contributed by atoms with Gasteiger partial charge in [0.1, 0.15) is 11.5 Å². The van der Waals surface area contributed by atoms with Gasteiger partial charge in [-0.2, -0.15) is 0 Å². The zero-order chi connectivity index (χ0) is 17.0. The number of anilines is 2. The minimum absolute atomic E-state index is 0.0608. The summed E-state index contributed by atoms with van der Waals surface area (Å²) >= 11 is 0. The molecule has 0 aliphatic carbocycles. The molecule has 2 N–H and O–H groups in total. The van der Waals surface area contributed by atoms with Crippen molar-refractivity contribution in [3.8, 4) is 0 Å². The second-order valence-corrected chi connectivity index (χ2v) is 7.04. The summed E-state index contributed by atoms with van der Waals surface area (Å²) in [5, 5.41) is 6.82. The van der Waals surface area contributed by atoms with Crippen molar-refractivity contribution >= 4 is 21.5 Å². The number of likely N-dealkylation sites (N-methyl/N-ethyl adjacent to an activating group) is 1. The van der Waals surface area contributed by atoms with E-state index in [4.69, 9.17) is 4.52 Å². The SMILES string of the molecule is Cc1noc(C)c1S(=O)(=O)Nc1ccc(NCCN(C)C)nc1. The Bertz CT molecular complexity index is 734. The van der Waals surface area contributed by atoms with Gasteiger partial charge in [0.25, 0.3) is 10.0 Å². The lowest BCUT2D eigenvalue weighted by molar-refractivity contribution is 0.390. The summed E-state index contributed by atoms with van der Waals surface area (Å²) in [6.07, 6.45) is 1.47.